The molecule has 18 heavy (non-hydrogen) atoms. The zero-order chi connectivity index (χ0) is 12.8. The molecule has 0 spiro atoms. The van der Waals surface area contributed by atoms with E-state index in [4.69, 9.17) is 5.73 Å². The van der Waals surface area contributed by atoms with Gasteiger partial charge in [0.15, 0.2) is 0 Å². The Kier molecular flexibility index (Phi) is 2.61. The minimum atomic E-state index is 0.520. The predicted molar refractivity (Wildman–Crippen MR) is 73.1 cm³/mol. The van der Waals surface area contributed by atoms with Crippen LogP contribution in [0.25, 0.3) is 0 Å². The second-order valence-electron chi connectivity index (χ2n) is 7.13. The van der Waals surface area contributed by atoms with Crippen LogP contribution in [0, 0.1) is 10.8 Å². The van der Waals surface area contributed by atoms with Gasteiger partial charge in [0.25, 0.3) is 0 Å². The molecule has 3 aliphatic rings. The van der Waals surface area contributed by atoms with Gasteiger partial charge in [-0.25, -0.2) is 4.98 Å². The summed E-state index contributed by atoms with van der Waals surface area (Å²) in [6.07, 6.45) is 11.6. The zero-order valence-corrected chi connectivity index (χ0v) is 11.4. The minimum absolute atomic E-state index is 0.520. The Labute approximate surface area is 109 Å². The summed E-state index contributed by atoms with van der Waals surface area (Å²) in [7, 11) is 0. The molecule has 2 bridgehead atoms. The lowest BCUT2D eigenvalue weighted by molar-refractivity contribution is -0.0439. The Hall–Kier alpha value is -1.12. The first-order chi connectivity index (χ1) is 8.48. The van der Waals surface area contributed by atoms with E-state index in [0.717, 1.165) is 5.69 Å². The van der Waals surface area contributed by atoms with Crippen molar-refractivity contribution in [3.63, 3.8) is 0 Å². The molecule has 3 saturated carbocycles. The first-order valence-electron chi connectivity index (χ1n) is 7.06. The average molecular weight is 245 g/mol. The molecule has 2 N–H and O–H groups in total. The number of nitrogens with two attached hydrogens (primary N) is 1. The fourth-order valence-electron chi connectivity index (χ4n) is 4.61. The van der Waals surface area contributed by atoms with Crippen molar-refractivity contribution in [1.82, 2.24) is 9.97 Å². The summed E-state index contributed by atoms with van der Waals surface area (Å²) >= 11 is 0. The van der Waals surface area contributed by atoms with E-state index in [-0.39, 0.29) is 0 Å². The highest BCUT2D eigenvalue weighted by atomic mass is 14.9. The number of anilines is 1. The average Bonchev–Trinajstić information content (AvgIpc) is 2.24. The number of aromatic nitrogens is 2. The van der Waals surface area contributed by atoms with Gasteiger partial charge in [0.05, 0.1) is 18.1 Å². The number of rotatable bonds is 1. The standard InChI is InChI=1S/C15H23N3/c1-14-5-3-4-11(6-15(2,9-14)10-14)12-7-18-13(16)8-17-12/h7-8,11H,3-6,9-10H2,1-2H3,(H2,16,18). The van der Waals surface area contributed by atoms with E-state index in [1.165, 1.54) is 38.5 Å². The highest BCUT2D eigenvalue weighted by molar-refractivity contribution is 5.24. The molecule has 1 heterocycles. The van der Waals surface area contributed by atoms with Crippen LogP contribution in [0.3, 0.4) is 0 Å². The molecule has 1 atom stereocenters. The Morgan fingerprint density at radius 1 is 1.17 bits per heavy atom. The summed E-state index contributed by atoms with van der Waals surface area (Å²) in [6, 6.07) is 0. The molecule has 3 heteroatoms. The van der Waals surface area contributed by atoms with Gasteiger partial charge in [0.1, 0.15) is 5.82 Å². The van der Waals surface area contributed by atoms with Gasteiger partial charge < -0.3 is 5.73 Å². The zero-order valence-electron chi connectivity index (χ0n) is 11.4. The van der Waals surface area contributed by atoms with Crippen molar-refractivity contribution in [1.29, 1.82) is 0 Å². The molecule has 3 nitrogen and oxygen atoms in total. The lowest BCUT2D eigenvalue weighted by Crippen LogP contribution is -2.45. The van der Waals surface area contributed by atoms with Crippen molar-refractivity contribution >= 4 is 5.82 Å². The number of hydrogen-bond donors (Lipinski definition) is 1. The van der Waals surface area contributed by atoms with E-state index in [1.54, 1.807) is 6.20 Å². The van der Waals surface area contributed by atoms with E-state index in [2.05, 4.69) is 23.8 Å². The molecule has 0 radical (unpaired) electrons. The monoisotopic (exact) mass is 245 g/mol. The quantitative estimate of drug-likeness (QED) is 0.823. The topological polar surface area (TPSA) is 51.8 Å². The molecule has 3 aliphatic carbocycles. The molecule has 98 valence electrons. The summed E-state index contributed by atoms with van der Waals surface area (Å²) < 4.78 is 0. The molecule has 1 aromatic rings. The third kappa shape index (κ3) is 2.11. The van der Waals surface area contributed by atoms with E-state index < -0.39 is 0 Å². The van der Waals surface area contributed by atoms with Crippen molar-refractivity contribution in [2.45, 2.75) is 58.3 Å². The summed E-state index contributed by atoms with van der Waals surface area (Å²) in [5.74, 6) is 1.10. The van der Waals surface area contributed by atoms with Gasteiger partial charge in [-0.05, 0) is 42.9 Å². The van der Waals surface area contributed by atoms with Crippen LogP contribution in [0.5, 0.6) is 0 Å². The molecule has 0 amide bonds. The molecular weight excluding hydrogens is 222 g/mol. The minimum Gasteiger partial charge on any atom is -0.382 e. The van der Waals surface area contributed by atoms with Crippen molar-refractivity contribution in [2.75, 3.05) is 5.73 Å². The second-order valence-corrected chi connectivity index (χ2v) is 7.13. The number of nitrogen functional groups attached to an aromatic ring is 1. The van der Waals surface area contributed by atoms with Crippen LogP contribution in [0.4, 0.5) is 5.82 Å². The third-order valence-electron chi connectivity index (χ3n) is 4.89. The van der Waals surface area contributed by atoms with Crippen molar-refractivity contribution in [2.24, 2.45) is 10.8 Å². The second kappa shape index (κ2) is 3.94. The third-order valence-corrected chi connectivity index (χ3v) is 4.89. The van der Waals surface area contributed by atoms with Gasteiger partial charge in [0.2, 0.25) is 0 Å². The maximum Gasteiger partial charge on any atom is 0.141 e. The fourth-order valence-corrected chi connectivity index (χ4v) is 4.61. The fraction of sp³-hybridized carbons (Fsp3) is 0.733. The van der Waals surface area contributed by atoms with Crippen LogP contribution in [-0.4, -0.2) is 9.97 Å². The van der Waals surface area contributed by atoms with Crippen LogP contribution in [0.15, 0.2) is 12.4 Å². The Morgan fingerprint density at radius 3 is 2.61 bits per heavy atom. The van der Waals surface area contributed by atoms with Crippen molar-refractivity contribution < 1.29 is 0 Å². The summed E-state index contributed by atoms with van der Waals surface area (Å²) in [5, 5.41) is 0. The van der Waals surface area contributed by atoms with Gasteiger partial charge >= 0.3 is 0 Å². The molecule has 1 unspecified atom stereocenters. The van der Waals surface area contributed by atoms with Crippen molar-refractivity contribution in [3.05, 3.63) is 18.1 Å². The van der Waals surface area contributed by atoms with Crippen LogP contribution in [-0.2, 0) is 0 Å². The van der Waals surface area contributed by atoms with Crippen LogP contribution in [0.1, 0.15) is 64.0 Å². The maximum atomic E-state index is 5.62. The Balaban J connectivity index is 1.79. The van der Waals surface area contributed by atoms with Gasteiger partial charge in [-0.15, -0.1) is 0 Å². The lowest BCUT2D eigenvalue weighted by Gasteiger charge is -2.56. The van der Waals surface area contributed by atoms with Crippen LogP contribution >= 0.6 is 0 Å². The molecule has 0 aliphatic heterocycles. The van der Waals surface area contributed by atoms with Gasteiger partial charge in [-0.1, -0.05) is 20.3 Å². The first kappa shape index (κ1) is 11.9. The Bertz CT molecular complexity index is 432. The SMILES string of the molecule is CC12CCCC(c3cnc(N)cn3)CC(C)(C1)C2. The van der Waals surface area contributed by atoms with E-state index >= 15 is 0 Å². The predicted octanol–water partition coefficient (Wildman–Crippen LogP) is 3.52. The Morgan fingerprint density at radius 2 is 1.94 bits per heavy atom. The van der Waals surface area contributed by atoms with Gasteiger partial charge in [0, 0.05) is 5.92 Å². The van der Waals surface area contributed by atoms with Crippen molar-refractivity contribution in [3.8, 4) is 0 Å². The number of hydrogen-bond acceptors (Lipinski definition) is 3. The highest BCUT2D eigenvalue weighted by Crippen LogP contribution is 2.62. The first-order valence-corrected chi connectivity index (χ1v) is 7.06. The number of nitrogens with zero attached hydrogens (tertiary/aromatic N) is 2. The van der Waals surface area contributed by atoms with E-state index in [1.807, 2.05) is 6.20 Å². The molecule has 0 aromatic carbocycles. The molecule has 4 rings (SSSR count). The van der Waals surface area contributed by atoms with E-state index in [9.17, 15) is 0 Å². The highest BCUT2D eigenvalue weighted by Gasteiger charge is 2.50. The molecule has 0 saturated heterocycles. The smallest absolute Gasteiger partial charge is 0.141 e. The van der Waals surface area contributed by atoms with Crippen LogP contribution in [0.2, 0.25) is 0 Å². The lowest BCUT2D eigenvalue weighted by atomic mass is 9.49. The number of fused-ring (bicyclic) bond motifs is 4. The summed E-state index contributed by atoms with van der Waals surface area (Å²) in [4.78, 5) is 8.68. The largest absolute Gasteiger partial charge is 0.382 e. The summed E-state index contributed by atoms with van der Waals surface area (Å²) in [5.41, 5.74) is 7.92. The summed E-state index contributed by atoms with van der Waals surface area (Å²) in [6.45, 7) is 4.90. The van der Waals surface area contributed by atoms with Gasteiger partial charge in [-0.2, -0.15) is 0 Å². The molecule has 1 aromatic heterocycles. The van der Waals surface area contributed by atoms with Crippen LogP contribution < -0.4 is 5.73 Å². The van der Waals surface area contributed by atoms with E-state index in [0.29, 0.717) is 22.6 Å². The maximum absolute atomic E-state index is 5.62. The van der Waals surface area contributed by atoms with Gasteiger partial charge in [-0.3, -0.25) is 4.98 Å². The molecule has 3 fully saturated rings. The molecular formula is C15H23N3. The normalized spacial score (nSPS) is 39.6.